The normalized spacial score (nSPS) is 16.9. The van der Waals surface area contributed by atoms with Gasteiger partial charge in [0.25, 0.3) is 0 Å². The first kappa shape index (κ1) is 18.4. The highest BCUT2D eigenvalue weighted by atomic mass is 19.4. The number of ether oxygens (including phenoxy) is 1. The molecule has 3 rings (SSSR count). The first-order valence-electron chi connectivity index (χ1n) is 8.34. The van der Waals surface area contributed by atoms with Crippen LogP contribution in [-0.2, 0) is 27.7 Å². The van der Waals surface area contributed by atoms with Crippen molar-refractivity contribution in [2.75, 3.05) is 13.2 Å². The highest BCUT2D eigenvalue weighted by Crippen LogP contribution is 2.38. The highest BCUT2D eigenvalue weighted by Gasteiger charge is 2.43. The molecule has 1 N–H and O–H groups in total. The molecular weight excluding hydrogens is 345 g/mol. The lowest BCUT2D eigenvalue weighted by Crippen LogP contribution is -2.47. The fourth-order valence-electron chi connectivity index (χ4n) is 3.21. The topological polar surface area (TPSA) is 51.2 Å². The Hall–Kier alpha value is -2.41. The quantitative estimate of drug-likeness (QED) is 0.904. The van der Waals surface area contributed by atoms with E-state index in [1.165, 1.54) is 6.07 Å². The molecule has 1 saturated heterocycles. The van der Waals surface area contributed by atoms with Gasteiger partial charge in [-0.15, -0.1) is 0 Å². The number of hydrogen-bond acceptors (Lipinski definition) is 3. The minimum absolute atomic E-state index is 0.272. The van der Waals surface area contributed by atoms with E-state index in [-0.39, 0.29) is 12.5 Å². The van der Waals surface area contributed by atoms with Crippen LogP contribution in [0.5, 0.6) is 0 Å². The van der Waals surface area contributed by atoms with E-state index in [4.69, 9.17) is 4.74 Å². The molecule has 0 bridgehead atoms. The largest absolute Gasteiger partial charge is 0.416 e. The second kappa shape index (κ2) is 7.45. The van der Waals surface area contributed by atoms with Crippen molar-refractivity contribution in [3.63, 3.8) is 0 Å². The minimum Gasteiger partial charge on any atom is -0.381 e. The zero-order valence-electron chi connectivity index (χ0n) is 14.1. The third-order valence-corrected chi connectivity index (χ3v) is 4.70. The number of benzene rings is 1. The molecule has 1 aliphatic rings. The molecular formula is C19H19F3N2O2. The van der Waals surface area contributed by atoms with Gasteiger partial charge in [0.05, 0.1) is 11.0 Å². The third-order valence-electron chi connectivity index (χ3n) is 4.70. The molecule has 26 heavy (non-hydrogen) atoms. The van der Waals surface area contributed by atoms with E-state index < -0.39 is 17.2 Å². The van der Waals surface area contributed by atoms with Crippen LogP contribution in [0.3, 0.4) is 0 Å². The fraction of sp³-hybridized carbons (Fsp3) is 0.368. The Morgan fingerprint density at radius 3 is 2.62 bits per heavy atom. The van der Waals surface area contributed by atoms with Gasteiger partial charge in [0.15, 0.2) is 0 Å². The number of carbonyl (C=O) groups excluding carboxylic acids is 1. The van der Waals surface area contributed by atoms with E-state index in [0.29, 0.717) is 31.6 Å². The van der Waals surface area contributed by atoms with Crippen molar-refractivity contribution in [1.29, 1.82) is 0 Å². The van der Waals surface area contributed by atoms with Gasteiger partial charge >= 0.3 is 6.18 Å². The van der Waals surface area contributed by atoms with Crippen LogP contribution in [0.4, 0.5) is 13.2 Å². The van der Waals surface area contributed by atoms with Crippen molar-refractivity contribution in [3.8, 4) is 0 Å². The molecule has 0 saturated carbocycles. The molecule has 0 radical (unpaired) electrons. The van der Waals surface area contributed by atoms with Crippen molar-refractivity contribution < 1.29 is 22.7 Å². The molecule has 1 aliphatic heterocycles. The molecule has 138 valence electrons. The van der Waals surface area contributed by atoms with Crippen LogP contribution in [0, 0.1) is 0 Å². The smallest absolute Gasteiger partial charge is 0.381 e. The maximum atomic E-state index is 13.1. The number of amides is 1. The third kappa shape index (κ3) is 3.88. The molecule has 1 amide bonds. The van der Waals surface area contributed by atoms with Crippen molar-refractivity contribution in [1.82, 2.24) is 10.3 Å². The SMILES string of the molecule is O=C(NCc1cccnc1)C1(c2cccc(C(F)(F)F)c2)CCOCC1. The zero-order valence-corrected chi connectivity index (χ0v) is 14.1. The molecule has 1 aromatic heterocycles. The Morgan fingerprint density at radius 2 is 1.96 bits per heavy atom. The van der Waals surface area contributed by atoms with Gasteiger partial charge in [0, 0.05) is 32.2 Å². The summed E-state index contributed by atoms with van der Waals surface area (Å²) in [5.41, 5.74) is -0.575. The Balaban J connectivity index is 1.88. The average Bonchev–Trinajstić information content (AvgIpc) is 2.67. The summed E-state index contributed by atoms with van der Waals surface area (Å²) in [5.74, 6) is -0.288. The van der Waals surface area contributed by atoms with Crippen LogP contribution in [0.15, 0.2) is 48.8 Å². The van der Waals surface area contributed by atoms with Crippen molar-refractivity contribution in [3.05, 3.63) is 65.5 Å². The second-order valence-electron chi connectivity index (χ2n) is 6.32. The van der Waals surface area contributed by atoms with Crippen molar-refractivity contribution >= 4 is 5.91 Å². The Bertz CT molecular complexity index is 757. The van der Waals surface area contributed by atoms with Crippen LogP contribution < -0.4 is 5.32 Å². The molecule has 4 nitrogen and oxygen atoms in total. The van der Waals surface area contributed by atoms with Gasteiger partial charge in [0.2, 0.25) is 5.91 Å². The number of alkyl halides is 3. The summed E-state index contributed by atoms with van der Waals surface area (Å²) < 4.78 is 44.6. The van der Waals surface area contributed by atoms with E-state index >= 15 is 0 Å². The van der Waals surface area contributed by atoms with Gasteiger partial charge in [-0.1, -0.05) is 24.3 Å². The van der Waals surface area contributed by atoms with E-state index in [9.17, 15) is 18.0 Å². The standard InChI is InChI=1S/C19H19F3N2O2/c20-19(21,22)16-5-1-4-15(11-16)18(6-9-26-10-7-18)17(25)24-13-14-3-2-8-23-12-14/h1-5,8,11-12H,6-7,9-10,13H2,(H,24,25). The predicted octanol–water partition coefficient (Wildman–Crippen LogP) is 3.47. The van der Waals surface area contributed by atoms with E-state index in [2.05, 4.69) is 10.3 Å². The van der Waals surface area contributed by atoms with Gasteiger partial charge in [-0.05, 0) is 36.1 Å². The lowest BCUT2D eigenvalue weighted by atomic mass is 9.73. The monoisotopic (exact) mass is 364 g/mol. The number of pyridine rings is 1. The molecule has 0 unspecified atom stereocenters. The van der Waals surface area contributed by atoms with Crippen LogP contribution in [-0.4, -0.2) is 24.1 Å². The van der Waals surface area contributed by atoms with Crippen LogP contribution in [0.1, 0.15) is 29.5 Å². The van der Waals surface area contributed by atoms with Gasteiger partial charge in [-0.3, -0.25) is 9.78 Å². The summed E-state index contributed by atoms with van der Waals surface area (Å²) >= 11 is 0. The molecule has 2 aromatic rings. The fourth-order valence-corrected chi connectivity index (χ4v) is 3.21. The number of nitrogens with one attached hydrogen (secondary N) is 1. The number of nitrogens with zero attached hydrogens (tertiary/aromatic N) is 1. The zero-order chi connectivity index (χ0) is 18.6. The second-order valence-corrected chi connectivity index (χ2v) is 6.32. The summed E-state index contributed by atoms with van der Waals surface area (Å²) in [6.07, 6.45) is -0.496. The summed E-state index contributed by atoms with van der Waals surface area (Å²) in [6.45, 7) is 0.932. The van der Waals surface area contributed by atoms with E-state index in [1.54, 1.807) is 24.5 Å². The first-order chi connectivity index (χ1) is 12.4. The van der Waals surface area contributed by atoms with Crippen molar-refractivity contribution in [2.24, 2.45) is 0 Å². The summed E-state index contributed by atoms with van der Waals surface area (Å²) in [4.78, 5) is 17.0. The average molecular weight is 364 g/mol. The number of halogens is 3. The molecule has 7 heteroatoms. The van der Waals surface area contributed by atoms with E-state index in [0.717, 1.165) is 17.7 Å². The lowest BCUT2D eigenvalue weighted by Gasteiger charge is -2.36. The van der Waals surface area contributed by atoms with Crippen molar-refractivity contribution in [2.45, 2.75) is 31.0 Å². The summed E-state index contributed by atoms with van der Waals surface area (Å²) in [7, 11) is 0. The molecule has 0 atom stereocenters. The Kier molecular flexibility index (Phi) is 5.27. The molecule has 2 heterocycles. The molecule has 0 spiro atoms. The Labute approximate surface area is 149 Å². The van der Waals surface area contributed by atoms with E-state index in [1.807, 2.05) is 6.07 Å². The predicted molar refractivity (Wildman–Crippen MR) is 89.3 cm³/mol. The summed E-state index contributed by atoms with van der Waals surface area (Å²) in [6, 6.07) is 8.62. The number of hydrogen-bond donors (Lipinski definition) is 1. The summed E-state index contributed by atoms with van der Waals surface area (Å²) in [5, 5.41) is 2.85. The van der Waals surface area contributed by atoms with Gasteiger partial charge in [-0.2, -0.15) is 13.2 Å². The van der Waals surface area contributed by atoms with Crippen LogP contribution in [0.2, 0.25) is 0 Å². The first-order valence-corrected chi connectivity index (χ1v) is 8.34. The molecule has 1 aromatic carbocycles. The Morgan fingerprint density at radius 1 is 1.19 bits per heavy atom. The lowest BCUT2D eigenvalue weighted by molar-refractivity contribution is -0.138. The van der Waals surface area contributed by atoms with Crippen LogP contribution >= 0.6 is 0 Å². The maximum absolute atomic E-state index is 13.1. The molecule has 0 aliphatic carbocycles. The maximum Gasteiger partial charge on any atom is 0.416 e. The molecule has 1 fully saturated rings. The number of rotatable bonds is 4. The highest BCUT2D eigenvalue weighted by molar-refractivity contribution is 5.88. The number of carbonyl (C=O) groups is 1. The minimum atomic E-state index is -4.45. The number of aromatic nitrogens is 1. The van der Waals surface area contributed by atoms with Gasteiger partial charge < -0.3 is 10.1 Å². The van der Waals surface area contributed by atoms with Crippen LogP contribution in [0.25, 0.3) is 0 Å². The van der Waals surface area contributed by atoms with Gasteiger partial charge in [-0.25, -0.2) is 0 Å². The van der Waals surface area contributed by atoms with Gasteiger partial charge in [0.1, 0.15) is 0 Å².